The molecule has 6 aromatic carbocycles. The van der Waals surface area contributed by atoms with E-state index in [2.05, 4.69) is 108 Å². The summed E-state index contributed by atoms with van der Waals surface area (Å²) in [4.78, 5) is 35.2. The lowest BCUT2D eigenvalue weighted by molar-refractivity contribution is 0.0528. The van der Waals surface area contributed by atoms with Crippen molar-refractivity contribution in [3.63, 3.8) is 0 Å². The van der Waals surface area contributed by atoms with E-state index in [0.29, 0.717) is 79.4 Å². The van der Waals surface area contributed by atoms with E-state index < -0.39 is 25.6 Å². The SMILES string of the molecule is C.CC(C)(C)OC(=O)NCCNCCC(c1ccccc1)c1ccccc1.CS(=O)(=O)Nc1ccc(-c2nc(N)sc2Cl)cc1.CS(=O)(=O)Nc1ccc(-c2nc(NC(=O)N(CCN)CCC(c3ccccc3)c3ccccc3)sc2Cl)cc1. The van der Waals surface area contributed by atoms with E-state index in [1.165, 1.54) is 33.6 Å². The summed E-state index contributed by atoms with van der Waals surface area (Å²) in [6.45, 7) is 8.94. The number of thiazole rings is 2. The first-order valence-electron chi connectivity index (χ1n) is 26.4. The molecule has 17 nitrogen and oxygen atoms in total. The van der Waals surface area contributed by atoms with Crippen LogP contribution < -0.4 is 36.9 Å². The fourth-order valence-electron chi connectivity index (χ4n) is 8.51. The van der Waals surface area contributed by atoms with Crippen LogP contribution in [0.3, 0.4) is 0 Å². The Kier molecular flexibility index (Phi) is 26.5. The second-order valence-corrected chi connectivity index (χ2v) is 26.7. The Morgan fingerprint density at radius 2 is 1.01 bits per heavy atom. The maximum atomic E-state index is 13.2. The Labute approximate surface area is 512 Å². The highest BCUT2D eigenvalue weighted by Gasteiger charge is 2.22. The number of benzene rings is 6. The standard InChI is InChI=1S/C28H30ClN5O3S2.C22H30N2O2.C10H10ClN3O2S2.CH4/c1-39(36,37)33-23-14-12-22(13-15-23)25-26(29)38-27(31-25)32-28(35)34(19-17-30)18-16-24(20-8-4-2-5-9-20)21-10-6-3-7-11-21;1-22(2,3)26-21(25)24-17-16-23-15-14-20(18-10-6-4-7-11-18)19-12-8-5-9-13-19;1-18(15,16)14-7-4-2-6(3-5-7)8-9(11)17-10(12)13-8;/h2-15,24,33H,16-19,30H2,1H3,(H,31,32,35);4-13,20,23H,14-17H2,1-3H3,(H,24,25);2-5,14H,1H3,(H2,12,13);1H4. The molecule has 0 spiro atoms. The van der Waals surface area contributed by atoms with E-state index in [9.17, 15) is 26.4 Å². The summed E-state index contributed by atoms with van der Waals surface area (Å²) in [5.74, 6) is 0.491. The highest BCUT2D eigenvalue weighted by atomic mass is 35.5. The second kappa shape index (κ2) is 32.8. The minimum atomic E-state index is -3.38. The monoisotopic (exact) mass is 1260 g/mol. The Morgan fingerprint density at radius 3 is 1.40 bits per heavy atom. The number of nitrogens with two attached hydrogens (primary N) is 2. The number of urea groups is 1. The number of amides is 3. The molecule has 0 unspecified atom stereocenters. The summed E-state index contributed by atoms with van der Waals surface area (Å²) in [6, 6.07) is 54.8. The second-order valence-electron chi connectivity index (χ2n) is 19.9. The average Bonchev–Trinajstić information content (AvgIpc) is 4.02. The Balaban J connectivity index is 0.000000247. The first-order valence-corrected chi connectivity index (χ1v) is 32.6. The van der Waals surface area contributed by atoms with Gasteiger partial charge < -0.3 is 31.7 Å². The van der Waals surface area contributed by atoms with Gasteiger partial charge in [0.25, 0.3) is 0 Å². The van der Waals surface area contributed by atoms with Crippen molar-refractivity contribution in [2.75, 3.05) is 72.3 Å². The third-order valence-electron chi connectivity index (χ3n) is 12.1. The summed E-state index contributed by atoms with van der Waals surface area (Å²) in [7, 11) is -6.65. The smallest absolute Gasteiger partial charge is 0.407 e. The third kappa shape index (κ3) is 23.2. The molecule has 84 heavy (non-hydrogen) atoms. The predicted octanol–water partition coefficient (Wildman–Crippen LogP) is 13.2. The summed E-state index contributed by atoms with van der Waals surface area (Å²) in [5, 5.41) is 9.80. The summed E-state index contributed by atoms with van der Waals surface area (Å²) in [5.41, 5.74) is 19.5. The van der Waals surface area contributed by atoms with E-state index in [1.54, 1.807) is 53.4 Å². The number of hydrogen-bond donors (Lipinski definition) is 7. The highest BCUT2D eigenvalue weighted by molar-refractivity contribution is 7.92. The zero-order valence-corrected chi connectivity index (χ0v) is 51.5. The molecule has 0 saturated heterocycles. The third-order valence-corrected chi connectivity index (χ3v) is 15.6. The minimum absolute atomic E-state index is 0. The van der Waals surface area contributed by atoms with Gasteiger partial charge in [0.05, 0.1) is 12.5 Å². The van der Waals surface area contributed by atoms with E-state index in [1.807, 2.05) is 69.3 Å². The van der Waals surface area contributed by atoms with Crippen LogP contribution in [0.15, 0.2) is 170 Å². The number of alkyl carbamates (subject to hydrolysis) is 1. The molecule has 0 aliphatic heterocycles. The number of nitrogens with zero attached hydrogens (tertiary/aromatic N) is 3. The summed E-state index contributed by atoms with van der Waals surface area (Å²) >= 11 is 14.8. The number of nitrogens with one attached hydrogen (secondary N) is 5. The number of halogens is 2. The van der Waals surface area contributed by atoms with Crippen LogP contribution in [0.2, 0.25) is 8.67 Å². The van der Waals surface area contributed by atoms with Crippen LogP contribution in [0.5, 0.6) is 0 Å². The fraction of sp³-hybridized carbons (Fsp3) is 0.279. The van der Waals surface area contributed by atoms with Crippen molar-refractivity contribution >= 4 is 99.7 Å². The number of nitrogen functional groups attached to an aromatic ring is 1. The molecule has 8 rings (SSSR count). The maximum Gasteiger partial charge on any atom is 0.407 e. The van der Waals surface area contributed by atoms with Gasteiger partial charge in [0.15, 0.2) is 10.3 Å². The molecule has 0 aliphatic rings. The van der Waals surface area contributed by atoms with Gasteiger partial charge in [0, 0.05) is 67.1 Å². The molecule has 2 aromatic heterocycles. The topological polar surface area (TPSA) is 253 Å². The lowest BCUT2D eigenvalue weighted by Crippen LogP contribution is -2.39. The van der Waals surface area contributed by atoms with Crippen LogP contribution in [0.25, 0.3) is 22.5 Å². The molecular formula is C61H74Cl2N10O7S4. The zero-order chi connectivity index (χ0) is 60.0. The van der Waals surface area contributed by atoms with Crippen LogP contribution in [-0.2, 0) is 24.8 Å². The van der Waals surface area contributed by atoms with Gasteiger partial charge in [0.1, 0.15) is 25.7 Å². The number of ether oxygens (including phenoxy) is 1. The molecule has 0 radical (unpaired) electrons. The van der Waals surface area contributed by atoms with Crippen molar-refractivity contribution in [3.05, 3.63) is 201 Å². The molecule has 0 fully saturated rings. The molecule has 3 amide bonds. The van der Waals surface area contributed by atoms with Crippen LogP contribution in [0.4, 0.5) is 31.2 Å². The van der Waals surface area contributed by atoms with Gasteiger partial charge in [-0.1, -0.05) is 199 Å². The molecule has 448 valence electrons. The highest BCUT2D eigenvalue weighted by Crippen LogP contribution is 2.37. The van der Waals surface area contributed by atoms with E-state index >= 15 is 0 Å². The molecule has 0 saturated carbocycles. The van der Waals surface area contributed by atoms with Gasteiger partial charge in [0.2, 0.25) is 20.0 Å². The normalized spacial score (nSPS) is 11.3. The molecule has 8 aromatic rings. The van der Waals surface area contributed by atoms with Crippen LogP contribution in [0, 0.1) is 0 Å². The van der Waals surface area contributed by atoms with Crippen molar-refractivity contribution < 1.29 is 31.2 Å². The van der Waals surface area contributed by atoms with Gasteiger partial charge >= 0.3 is 12.1 Å². The first kappa shape index (κ1) is 67.7. The predicted molar refractivity (Wildman–Crippen MR) is 349 cm³/mol. The van der Waals surface area contributed by atoms with E-state index in [-0.39, 0.29) is 25.5 Å². The summed E-state index contributed by atoms with van der Waals surface area (Å²) < 4.78 is 55.9. The summed E-state index contributed by atoms with van der Waals surface area (Å²) in [6.07, 6.45) is 3.54. The Hall–Kier alpha value is -7.08. The van der Waals surface area contributed by atoms with E-state index in [0.717, 1.165) is 55.3 Å². The minimum Gasteiger partial charge on any atom is -0.444 e. The van der Waals surface area contributed by atoms with Gasteiger partial charge in [-0.3, -0.25) is 14.8 Å². The largest absolute Gasteiger partial charge is 0.444 e. The Morgan fingerprint density at radius 1 is 0.595 bits per heavy atom. The quantitative estimate of drug-likeness (QED) is 0.0313. The molecular weight excluding hydrogens is 1180 g/mol. The van der Waals surface area contributed by atoms with Crippen molar-refractivity contribution in [2.45, 2.75) is 58.5 Å². The fourth-order valence-corrected chi connectivity index (χ4v) is 11.7. The molecule has 0 aliphatic carbocycles. The van der Waals surface area contributed by atoms with Crippen molar-refractivity contribution in [3.8, 4) is 22.5 Å². The number of rotatable bonds is 22. The van der Waals surface area contributed by atoms with Gasteiger partial charge in [-0.15, -0.1) is 0 Å². The number of carbonyl (C=O) groups is 2. The molecule has 2 heterocycles. The number of carbonyl (C=O) groups excluding carboxylic acids is 2. The lowest BCUT2D eigenvalue weighted by atomic mass is 9.88. The zero-order valence-electron chi connectivity index (χ0n) is 46.7. The van der Waals surface area contributed by atoms with Crippen LogP contribution in [0.1, 0.15) is 75.1 Å². The molecule has 9 N–H and O–H groups in total. The van der Waals surface area contributed by atoms with Gasteiger partial charge in [-0.05, 0) is 86.7 Å². The molecule has 0 atom stereocenters. The van der Waals surface area contributed by atoms with Gasteiger partial charge in [-0.25, -0.2) is 36.4 Å². The lowest BCUT2D eigenvalue weighted by Gasteiger charge is -2.25. The van der Waals surface area contributed by atoms with Gasteiger partial charge in [-0.2, -0.15) is 0 Å². The molecule has 23 heteroatoms. The number of aromatic nitrogens is 2. The number of anilines is 4. The van der Waals surface area contributed by atoms with Crippen molar-refractivity contribution in [1.29, 1.82) is 0 Å². The van der Waals surface area contributed by atoms with Crippen molar-refractivity contribution in [1.82, 2.24) is 25.5 Å². The van der Waals surface area contributed by atoms with Crippen LogP contribution >= 0.6 is 45.9 Å². The number of sulfonamides is 2. The number of hydrogen-bond acceptors (Lipinski definition) is 14. The first-order chi connectivity index (χ1) is 39.5. The van der Waals surface area contributed by atoms with E-state index in [4.69, 9.17) is 39.4 Å². The Bertz CT molecular complexity index is 3430. The average molecular weight is 1260 g/mol. The molecule has 0 bridgehead atoms. The van der Waals surface area contributed by atoms with Crippen molar-refractivity contribution in [2.24, 2.45) is 5.73 Å². The van der Waals surface area contributed by atoms with Crippen LogP contribution in [-0.4, -0.2) is 101 Å². The maximum absolute atomic E-state index is 13.2.